The number of nitrogens with one attached hydrogen (secondary N) is 1. The molecule has 17 heavy (non-hydrogen) atoms. The number of rotatable bonds is 4. The normalized spacial score (nSPS) is 11.1. The molecule has 1 aromatic carbocycles. The topological polar surface area (TPSA) is 38.3 Å². The molecule has 0 spiro atoms. The van der Waals surface area contributed by atoms with Gasteiger partial charge in [-0.1, -0.05) is 32.9 Å². The van der Waals surface area contributed by atoms with E-state index in [2.05, 4.69) is 26.1 Å². The predicted molar refractivity (Wildman–Crippen MR) is 70.3 cm³/mol. The van der Waals surface area contributed by atoms with Crippen LogP contribution < -0.4 is 5.32 Å². The molecule has 0 fully saturated rings. The summed E-state index contributed by atoms with van der Waals surface area (Å²) in [6.45, 7) is 6.84. The number of carbonyl (C=O) groups excluding carboxylic acids is 1. The van der Waals surface area contributed by atoms with Crippen LogP contribution in [0.1, 0.15) is 37.6 Å². The molecule has 3 heteroatoms. The van der Waals surface area contributed by atoms with E-state index in [1.54, 1.807) is 13.1 Å². The minimum atomic E-state index is -0.265. The Kier molecular flexibility index (Phi) is 4.55. The van der Waals surface area contributed by atoms with Crippen molar-refractivity contribution in [2.45, 2.75) is 27.2 Å². The van der Waals surface area contributed by atoms with Crippen LogP contribution in [0.15, 0.2) is 24.3 Å². The summed E-state index contributed by atoms with van der Waals surface area (Å²) in [5, 5.41) is 2.98. The van der Waals surface area contributed by atoms with Gasteiger partial charge in [-0.15, -0.1) is 0 Å². The number of ether oxygens (including phenoxy) is 1. The molecule has 0 aliphatic rings. The van der Waals surface area contributed by atoms with Crippen molar-refractivity contribution >= 4 is 11.7 Å². The van der Waals surface area contributed by atoms with Gasteiger partial charge in [0.25, 0.3) is 0 Å². The summed E-state index contributed by atoms with van der Waals surface area (Å²) in [5.41, 5.74) is 1.57. The fourth-order valence-corrected chi connectivity index (χ4v) is 1.41. The van der Waals surface area contributed by atoms with Gasteiger partial charge in [-0.05, 0) is 24.0 Å². The summed E-state index contributed by atoms with van der Waals surface area (Å²) in [6, 6.07) is 7.35. The number of hydrogen-bond acceptors (Lipinski definition) is 3. The third-order valence-electron chi connectivity index (χ3n) is 2.50. The highest BCUT2D eigenvalue weighted by molar-refractivity contribution is 5.95. The predicted octanol–water partition coefficient (Wildman–Crippen LogP) is 3.32. The van der Waals surface area contributed by atoms with Crippen LogP contribution in [-0.2, 0) is 4.74 Å². The zero-order chi connectivity index (χ0) is 12.9. The van der Waals surface area contributed by atoms with E-state index in [1.807, 2.05) is 18.2 Å². The Morgan fingerprint density at radius 3 is 2.53 bits per heavy atom. The summed E-state index contributed by atoms with van der Waals surface area (Å²) < 4.78 is 5.27. The first kappa shape index (κ1) is 13.6. The van der Waals surface area contributed by atoms with E-state index in [-0.39, 0.29) is 11.4 Å². The van der Waals surface area contributed by atoms with Gasteiger partial charge < -0.3 is 10.1 Å². The zero-order valence-corrected chi connectivity index (χ0v) is 11.0. The van der Waals surface area contributed by atoms with Crippen molar-refractivity contribution in [3.8, 4) is 0 Å². The molecule has 94 valence electrons. The van der Waals surface area contributed by atoms with Gasteiger partial charge in [0.1, 0.15) is 0 Å². The summed E-state index contributed by atoms with van der Waals surface area (Å²) in [7, 11) is 1.79. The molecule has 3 nitrogen and oxygen atoms in total. The molecule has 1 rings (SSSR count). The highest BCUT2D eigenvalue weighted by atomic mass is 16.5. The molecule has 0 aliphatic heterocycles. The Balaban J connectivity index is 2.58. The van der Waals surface area contributed by atoms with Crippen LogP contribution in [0.5, 0.6) is 0 Å². The van der Waals surface area contributed by atoms with Crippen molar-refractivity contribution in [1.29, 1.82) is 0 Å². The summed E-state index contributed by atoms with van der Waals surface area (Å²) in [6.07, 6.45) is 0.862. The lowest BCUT2D eigenvalue weighted by atomic mass is 9.93. The average molecular weight is 235 g/mol. The van der Waals surface area contributed by atoms with Crippen LogP contribution >= 0.6 is 0 Å². The second-order valence-electron chi connectivity index (χ2n) is 5.24. The first-order valence-electron chi connectivity index (χ1n) is 5.88. The lowest BCUT2D eigenvalue weighted by Crippen LogP contribution is -2.14. The molecule has 0 heterocycles. The molecule has 0 saturated carbocycles. The van der Waals surface area contributed by atoms with Crippen molar-refractivity contribution < 1.29 is 9.53 Å². The van der Waals surface area contributed by atoms with Crippen LogP contribution in [0.25, 0.3) is 0 Å². The molecule has 0 saturated heterocycles. The molecule has 0 bridgehead atoms. The van der Waals surface area contributed by atoms with Gasteiger partial charge in [-0.2, -0.15) is 0 Å². The van der Waals surface area contributed by atoms with Gasteiger partial charge in [0.2, 0.25) is 0 Å². The number of anilines is 1. The summed E-state index contributed by atoms with van der Waals surface area (Å²) in [5.74, 6) is -0.265. The van der Waals surface area contributed by atoms with Gasteiger partial charge >= 0.3 is 5.97 Å². The third-order valence-corrected chi connectivity index (χ3v) is 2.50. The second-order valence-corrected chi connectivity index (χ2v) is 5.24. The number of esters is 1. The first-order chi connectivity index (χ1) is 7.94. The molecule has 0 unspecified atom stereocenters. The smallest absolute Gasteiger partial charge is 0.340 e. The monoisotopic (exact) mass is 235 g/mol. The number of benzene rings is 1. The third kappa shape index (κ3) is 4.47. The lowest BCUT2D eigenvalue weighted by molar-refractivity contribution is 0.0466. The van der Waals surface area contributed by atoms with Gasteiger partial charge in [-0.25, -0.2) is 4.79 Å². The number of carbonyl (C=O) groups is 1. The van der Waals surface area contributed by atoms with Crippen LogP contribution in [0.3, 0.4) is 0 Å². The Labute approximate surface area is 103 Å². The maximum atomic E-state index is 11.8. The van der Waals surface area contributed by atoms with Crippen LogP contribution in [0.4, 0.5) is 5.69 Å². The van der Waals surface area contributed by atoms with E-state index in [0.29, 0.717) is 12.2 Å². The summed E-state index contributed by atoms with van der Waals surface area (Å²) >= 11 is 0. The molecule has 0 amide bonds. The van der Waals surface area contributed by atoms with Gasteiger partial charge in [-0.3, -0.25) is 0 Å². The van der Waals surface area contributed by atoms with E-state index >= 15 is 0 Å². The number of hydrogen-bond donors (Lipinski definition) is 1. The van der Waals surface area contributed by atoms with Crippen molar-refractivity contribution in [2.75, 3.05) is 19.0 Å². The van der Waals surface area contributed by atoms with Gasteiger partial charge in [0, 0.05) is 12.7 Å². The van der Waals surface area contributed by atoms with Crippen molar-refractivity contribution in [3.63, 3.8) is 0 Å². The molecule has 0 aromatic heterocycles. The lowest BCUT2D eigenvalue weighted by Gasteiger charge is -2.17. The SMILES string of the molecule is CNc1ccccc1C(=O)OCCC(C)(C)C. The second kappa shape index (κ2) is 5.71. The minimum absolute atomic E-state index is 0.183. The Morgan fingerprint density at radius 2 is 1.94 bits per heavy atom. The maximum absolute atomic E-state index is 11.8. The minimum Gasteiger partial charge on any atom is -0.462 e. The van der Waals surface area contributed by atoms with Crippen LogP contribution in [0, 0.1) is 5.41 Å². The van der Waals surface area contributed by atoms with E-state index in [9.17, 15) is 4.79 Å². The number of para-hydroxylation sites is 1. The van der Waals surface area contributed by atoms with Gasteiger partial charge in [0.05, 0.1) is 12.2 Å². The first-order valence-corrected chi connectivity index (χ1v) is 5.88. The van der Waals surface area contributed by atoms with E-state index in [0.717, 1.165) is 12.1 Å². The molecular formula is C14H21NO2. The van der Waals surface area contributed by atoms with E-state index in [4.69, 9.17) is 4.74 Å². The van der Waals surface area contributed by atoms with Crippen molar-refractivity contribution in [2.24, 2.45) is 5.41 Å². The van der Waals surface area contributed by atoms with Gasteiger partial charge in [0.15, 0.2) is 0 Å². The van der Waals surface area contributed by atoms with Crippen molar-refractivity contribution in [1.82, 2.24) is 0 Å². The molecular weight excluding hydrogens is 214 g/mol. The molecule has 0 atom stereocenters. The van der Waals surface area contributed by atoms with Crippen LogP contribution in [-0.4, -0.2) is 19.6 Å². The summed E-state index contributed by atoms with van der Waals surface area (Å²) in [4.78, 5) is 11.8. The quantitative estimate of drug-likeness (QED) is 0.814. The largest absolute Gasteiger partial charge is 0.462 e. The Bertz CT molecular complexity index is 380. The highest BCUT2D eigenvalue weighted by Crippen LogP contribution is 2.19. The molecule has 1 aromatic rings. The molecule has 0 aliphatic carbocycles. The highest BCUT2D eigenvalue weighted by Gasteiger charge is 2.14. The van der Waals surface area contributed by atoms with Crippen molar-refractivity contribution in [3.05, 3.63) is 29.8 Å². The fraction of sp³-hybridized carbons (Fsp3) is 0.500. The van der Waals surface area contributed by atoms with E-state index in [1.165, 1.54) is 0 Å². The fourth-order valence-electron chi connectivity index (χ4n) is 1.41. The van der Waals surface area contributed by atoms with Crippen LogP contribution in [0.2, 0.25) is 0 Å². The molecule has 0 radical (unpaired) electrons. The standard InChI is InChI=1S/C14H21NO2/c1-14(2,3)9-10-17-13(16)11-7-5-6-8-12(11)15-4/h5-8,15H,9-10H2,1-4H3. The Morgan fingerprint density at radius 1 is 1.29 bits per heavy atom. The maximum Gasteiger partial charge on any atom is 0.340 e. The molecule has 1 N–H and O–H groups in total. The van der Waals surface area contributed by atoms with E-state index < -0.39 is 0 Å². The zero-order valence-electron chi connectivity index (χ0n) is 11.0. The Hall–Kier alpha value is -1.51. The average Bonchev–Trinajstić information content (AvgIpc) is 2.27.